The van der Waals surface area contributed by atoms with Crippen LogP contribution in [0.25, 0.3) is 6.08 Å². The number of carbonyl (C=O) groups is 1. The molecule has 0 spiro atoms. The topological polar surface area (TPSA) is 91.4 Å². The van der Waals surface area contributed by atoms with Crippen LogP contribution in [0.5, 0.6) is 0 Å². The molecule has 1 fully saturated rings. The summed E-state index contributed by atoms with van der Waals surface area (Å²) in [5.74, 6) is 0.869. The summed E-state index contributed by atoms with van der Waals surface area (Å²) in [4.78, 5) is 17.9. The largest absolute Gasteiger partial charge is 0.433 e. The van der Waals surface area contributed by atoms with Crippen LogP contribution < -0.4 is 14.9 Å². The maximum atomic E-state index is 14.4. The van der Waals surface area contributed by atoms with E-state index in [-0.39, 0.29) is 29.2 Å². The molecule has 0 atom stereocenters. The number of rotatable bonds is 7. The van der Waals surface area contributed by atoms with Gasteiger partial charge in [-0.15, -0.1) is 6.42 Å². The molecule has 1 aromatic carbocycles. The molecule has 0 unspecified atom stereocenters. The van der Waals surface area contributed by atoms with Crippen molar-refractivity contribution in [3.63, 3.8) is 0 Å². The van der Waals surface area contributed by atoms with Crippen LogP contribution in [0.3, 0.4) is 0 Å². The second-order valence-electron chi connectivity index (χ2n) is 8.22. The number of halogens is 4. The zero-order chi connectivity index (χ0) is 26.5. The minimum atomic E-state index is -4.59. The Hall–Kier alpha value is -3.59. The Morgan fingerprint density at radius 1 is 1.22 bits per heavy atom. The Morgan fingerprint density at radius 2 is 1.92 bits per heavy atom. The van der Waals surface area contributed by atoms with Crippen LogP contribution in [0.4, 0.5) is 29.1 Å². The molecule has 1 aromatic heterocycles. The average molecular weight is 525 g/mol. The second kappa shape index (κ2) is 11.0. The standard InChI is InChI=1S/C24H24F4N4O3S/c1-3-17-13-16(14-19(25)22(17)31-36(2,34)35)15-29-21(33)10-8-18-7-9-20(24(26,27)28)30-23(18)32-11-5-4-6-12-32/h1,7-10,13-14,31H,4-6,11-12,15H2,2H3,(H,29,33)/b10-8+. The normalized spacial score (nSPS) is 14.5. The molecule has 0 aliphatic carbocycles. The smallest absolute Gasteiger partial charge is 0.356 e. The molecular weight excluding hydrogens is 500 g/mol. The molecule has 1 aliphatic rings. The van der Waals surface area contributed by atoms with Crippen LogP contribution in [-0.4, -0.2) is 38.7 Å². The van der Waals surface area contributed by atoms with E-state index < -0.39 is 33.6 Å². The molecule has 3 rings (SSSR count). The molecular formula is C24H24F4N4O3S. The molecule has 7 nitrogen and oxygen atoms in total. The maximum Gasteiger partial charge on any atom is 0.433 e. The predicted molar refractivity (Wildman–Crippen MR) is 129 cm³/mol. The number of amides is 1. The zero-order valence-corrected chi connectivity index (χ0v) is 20.1. The first kappa shape index (κ1) is 27.0. The highest BCUT2D eigenvalue weighted by Gasteiger charge is 2.33. The Morgan fingerprint density at radius 3 is 2.53 bits per heavy atom. The monoisotopic (exact) mass is 524 g/mol. The lowest BCUT2D eigenvalue weighted by Crippen LogP contribution is -2.31. The van der Waals surface area contributed by atoms with E-state index in [0.29, 0.717) is 18.7 Å². The molecule has 192 valence electrons. The van der Waals surface area contributed by atoms with E-state index in [1.807, 2.05) is 4.72 Å². The summed E-state index contributed by atoms with van der Waals surface area (Å²) in [6.07, 6.45) is 6.79. The first-order chi connectivity index (χ1) is 16.9. The third kappa shape index (κ3) is 7.21. The molecule has 0 bridgehead atoms. The van der Waals surface area contributed by atoms with Gasteiger partial charge in [-0.1, -0.05) is 5.92 Å². The van der Waals surface area contributed by atoms with Crippen molar-refractivity contribution in [2.24, 2.45) is 0 Å². The van der Waals surface area contributed by atoms with Crippen LogP contribution in [0.15, 0.2) is 30.3 Å². The molecule has 2 N–H and O–H groups in total. The number of pyridine rings is 1. The number of sulfonamides is 1. The van der Waals surface area contributed by atoms with Crippen molar-refractivity contribution in [1.82, 2.24) is 10.3 Å². The molecule has 0 saturated carbocycles. The molecule has 1 saturated heterocycles. The van der Waals surface area contributed by atoms with Crippen molar-refractivity contribution in [3.05, 3.63) is 58.5 Å². The van der Waals surface area contributed by atoms with Gasteiger partial charge in [0.2, 0.25) is 15.9 Å². The predicted octanol–water partition coefficient (Wildman–Crippen LogP) is 3.91. The van der Waals surface area contributed by atoms with Gasteiger partial charge in [0, 0.05) is 31.3 Å². The number of nitrogens with one attached hydrogen (secondary N) is 2. The number of nitrogens with zero attached hydrogens (tertiary/aromatic N) is 2. The number of aromatic nitrogens is 1. The molecule has 1 aliphatic heterocycles. The maximum absolute atomic E-state index is 14.4. The van der Waals surface area contributed by atoms with E-state index in [4.69, 9.17) is 6.42 Å². The lowest BCUT2D eigenvalue weighted by molar-refractivity contribution is -0.141. The summed E-state index contributed by atoms with van der Waals surface area (Å²) >= 11 is 0. The highest BCUT2D eigenvalue weighted by molar-refractivity contribution is 7.92. The molecule has 0 radical (unpaired) electrons. The van der Waals surface area contributed by atoms with Gasteiger partial charge in [-0.3, -0.25) is 9.52 Å². The quantitative estimate of drug-likeness (QED) is 0.326. The minimum Gasteiger partial charge on any atom is -0.356 e. The van der Waals surface area contributed by atoms with Crippen LogP contribution >= 0.6 is 0 Å². The first-order valence-corrected chi connectivity index (χ1v) is 12.8. The summed E-state index contributed by atoms with van der Waals surface area (Å²) in [5.41, 5.74) is -0.773. The third-order valence-electron chi connectivity index (χ3n) is 5.33. The lowest BCUT2D eigenvalue weighted by Gasteiger charge is -2.29. The lowest BCUT2D eigenvalue weighted by atomic mass is 10.1. The average Bonchev–Trinajstić information content (AvgIpc) is 2.82. The fraction of sp³-hybridized carbons (Fsp3) is 0.333. The Balaban J connectivity index is 1.76. The van der Waals surface area contributed by atoms with Gasteiger partial charge in [0.25, 0.3) is 0 Å². The van der Waals surface area contributed by atoms with Gasteiger partial charge in [-0.25, -0.2) is 17.8 Å². The van der Waals surface area contributed by atoms with Gasteiger partial charge in [0.15, 0.2) is 0 Å². The summed E-state index contributed by atoms with van der Waals surface area (Å²) in [6.45, 7) is 1.00. The Labute approximate surface area is 206 Å². The van der Waals surface area contributed by atoms with E-state index in [9.17, 15) is 30.8 Å². The Bertz CT molecular complexity index is 1310. The number of anilines is 2. The second-order valence-corrected chi connectivity index (χ2v) is 9.97. The zero-order valence-electron chi connectivity index (χ0n) is 19.3. The molecule has 12 heteroatoms. The van der Waals surface area contributed by atoms with Crippen molar-refractivity contribution in [1.29, 1.82) is 0 Å². The summed E-state index contributed by atoms with van der Waals surface area (Å²) < 4.78 is 78.9. The number of benzene rings is 1. The fourth-order valence-electron chi connectivity index (χ4n) is 3.69. The van der Waals surface area contributed by atoms with Gasteiger partial charge in [-0.2, -0.15) is 13.2 Å². The van der Waals surface area contributed by atoms with Crippen LogP contribution in [0.2, 0.25) is 0 Å². The highest BCUT2D eigenvalue weighted by atomic mass is 32.2. The first-order valence-electron chi connectivity index (χ1n) is 10.9. The van der Waals surface area contributed by atoms with E-state index in [1.165, 1.54) is 18.2 Å². The van der Waals surface area contributed by atoms with Gasteiger partial charge in [0.1, 0.15) is 17.3 Å². The van der Waals surface area contributed by atoms with Gasteiger partial charge in [0.05, 0.1) is 17.5 Å². The number of piperidine rings is 1. The molecule has 1 amide bonds. The van der Waals surface area contributed by atoms with Gasteiger partial charge < -0.3 is 10.2 Å². The van der Waals surface area contributed by atoms with Gasteiger partial charge >= 0.3 is 6.18 Å². The number of alkyl halides is 3. The van der Waals surface area contributed by atoms with Crippen molar-refractivity contribution in [2.75, 3.05) is 29.0 Å². The molecule has 36 heavy (non-hydrogen) atoms. The van der Waals surface area contributed by atoms with Crippen molar-refractivity contribution < 1.29 is 30.8 Å². The minimum absolute atomic E-state index is 0.0396. The summed E-state index contributed by atoms with van der Waals surface area (Å²) in [5, 5.41) is 2.54. The third-order valence-corrected chi connectivity index (χ3v) is 5.90. The Kier molecular flexibility index (Phi) is 8.24. The van der Waals surface area contributed by atoms with Gasteiger partial charge in [-0.05, 0) is 55.2 Å². The SMILES string of the molecule is C#Cc1cc(CNC(=O)/C=C/c2ccc(C(F)(F)F)nc2N2CCCCC2)cc(F)c1NS(C)(=O)=O. The van der Waals surface area contributed by atoms with Crippen molar-refractivity contribution >= 4 is 33.5 Å². The van der Waals surface area contributed by atoms with Crippen molar-refractivity contribution in [2.45, 2.75) is 32.0 Å². The fourth-order valence-corrected chi connectivity index (χ4v) is 4.27. The van der Waals surface area contributed by atoms with Crippen LogP contribution in [0, 0.1) is 18.2 Å². The number of hydrogen-bond acceptors (Lipinski definition) is 5. The highest BCUT2D eigenvalue weighted by Crippen LogP contribution is 2.32. The van der Waals surface area contributed by atoms with E-state index in [2.05, 4.69) is 16.2 Å². The number of hydrogen-bond donors (Lipinski definition) is 2. The number of terminal acetylenes is 1. The van der Waals surface area contributed by atoms with Crippen LogP contribution in [0.1, 0.15) is 41.6 Å². The molecule has 2 aromatic rings. The number of carbonyl (C=O) groups excluding carboxylic acids is 1. The van der Waals surface area contributed by atoms with E-state index >= 15 is 0 Å². The van der Waals surface area contributed by atoms with Crippen molar-refractivity contribution in [3.8, 4) is 12.3 Å². The van der Waals surface area contributed by atoms with E-state index in [0.717, 1.165) is 43.7 Å². The summed E-state index contributed by atoms with van der Waals surface area (Å²) in [7, 11) is -3.76. The van der Waals surface area contributed by atoms with Crippen LogP contribution in [-0.2, 0) is 27.5 Å². The summed E-state index contributed by atoms with van der Waals surface area (Å²) in [6, 6.07) is 4.52. The van der Waals surface area contributed by atoms with E-state index in [1.54, 1.807) is 4.90 Å². The molecule has 2 heterocycles.